The van der Waals surface area contributed by atoms with Crippen LogP contribution in [0.1, 0.15) is 6.92 Å². The molecule has 0 fully saturated rings. The van der Waals surface area contributed by atoms with Crippen LogP contribution in [0.15, 0.2) is 17.2 Å². The fourth-order valence-corrected chi connectivity index (χ4v) is 2.55. The summed E-state index contributed by atoms with van der Waals surface area (Å²) in [5.41, 5.74) is -0.481. The monoisotopic (exact) mass is 340 g/mol. The SMILES string of the molecule is C#CCOc1cc(N2CC(COC)(OCC)C=N2)c(F)cc1Cl. The highest BCUT2D eigenvalue weighted by Gasteiger charge is 2.37. The second kappa shape index (κ2) is 7.64. The van der Waals surface area contributed by atoms with Crippen molar-refractivity contribution in [2.24, 2.45) is 5.10 Å². The minimum Gasteiger partial charge on any atom is -0.479 e. The number of nitrogens with zero attached hydrogens (tertiary/aromatic N) is 2. The van der Waals surface area contributed by atoms with E-state index < -0.39 is 11.4 Å². The van der Waals surface area contributed by atoms with Crippen molar-refractivity contribution >= 4 is 23.5 Å². The number of hydrogen-bond donors (Lipinski definition) is 0. The molecular weight excluding hydrogens is 323 g/mol. The van der Waals surface area contributed by atoms with E-state index in [1.807, 2.05) is 6.92 Å². The Kier molecular flexibility index (Phi) is 5.83. The summed E-state index contributed by atoms with van der Waals surface area (Å²) in [6.07, 6.45) is 6.78. The van der Waals surface area contributed by atoms with Crippen LogP contribution in [-0.4, -0.2) is 45.3 Å². The second-order valence-electron chi connectivity index (χ2n) is 4.96. The normalized spacial score (nSPS) is 19.9. The molecule has 0 saturated heterocycles. The van der Waals surface area contributed by atoms with Crippen molar-refractivity contribution in [1.82, 2.24) is 0 Å². The molecule has 0 radical (unpaired) electrons. The Balaban J connectivity index is 2.26. The van der Waals surface area contributed by atoms with Gasteiger partial charge in [-0.3, -0.25) is 5.01 Å². The van der Waals surface area contributed by atoms with Crippen molar-refractivity contribution in [2.45, 2.75) is 12.5 Å². The van der Waals surface area contributed by atoms with Gasteiger partial charge in [-0.2, -0.15) is 5.10 Å². The third-order valence-corrected chi connectivity index (χ3v) is 3.56. The van der Waals surface area contributed by atoms with E-state index in [4.69, 9.17) is 32.2 Å². The van der Waals surface area contributed by atoms with Crippen LogP contribution in [0.3, 0.4) is 0 Å². The number of rotatable bonds is 7. The molecule has 1 aliphatic heterocycles. The molecule has 0 spiro atoms. The van der Waals surface area contributed by atoms with E-state index in [2.05, 4.69) is 11.0 Å². The highest BCUT2D eigenvalue weighted by atomic mass is 35.5. The van der Waals surface area contributed by atoms with E-state index in [9.17, 15) is 4.39 Å². The Morgan fingerprint density at radius 1 is 1.52 bits per heavy atom. The number of ether oxygens (including phenoxy) is 3. The molecule has 0 amide bonds. The van der Waals surface area contributed by atoms with E-state index in [0.717, 1.165) is 0 Å². The number of hydrazone groups is 1. The third kappa shape index (κ3) is 3.94. The van der Waals surface area contributed by atoms with Gasteiger partial charge >= 0.3 is 0 Å². The summed E-state index contributed by atoms with van der Waals surface area (Å²) < 4.78 is 30.5. The van der Waals surface area contributed by atoms with Gasteiger partial charge in [0.1, 0.15) is 23.8 Å². The Bertz CT molecular complexity index is 624. The van der Waals surface area contributed by atoms with E-state index in [1.165, 1.54) is 17.1 Å². The molecule has 0 aromatic heterocycles. The fraction of sp³-hybridized carbons (Fsp3) is 0.438. The Hall–Kier alpha value is -1.81. The van der Waals surface area contributed by atoms with Crippen LogP contribution in [0.5, 0.6) is 5.75 Å². The van der Waals surface area contributed by atoms with Gasteiger partial charge in [-0.05, 0) is 13.0 Å². The first kappa shape index (κ1) is 17.5. The van der Waals surface area contributed by atoms with E-state index in [-0.39, 0.29) is 17.3 Å². The Morgan fingerprint density at radius 2 is 2.30 bits per heavy atom. The van der Waals surface area contributed by atoms with Gasteiger partial charge in [-0.1, -0.05) is 17.5 Å². The van der Waals surface area contributed by atoms with Gasteiger partial charge in [0, 0.05) is 19.8 Å². The number of terminal acetylenes is 1. The molecule has 1 heterocycles. The Morgan fingerprint density at radius 3 is 2.96 bits per heavy atom. The van der Waals surface area contributed by atoms with Crippen LogP contribution in [0.2, 0.25) is 5.02 Å². The molecule has 0 aliphatic carbocycles. The maximum Gasteiger partial charge on any atom is 0.150 e. The molecule has 7 heteroatoms. The van der Waals surface area contributed by atoms with Crippen LogP contribution in [0, 0.1) is 18.2 Å². The summed E-state index contributed by atoms with van der Waals surface area (Å²) in [4.78, 5) is 0. The molecule has 0 saturated carbocycles. The van der Waals surface area contributed by atoms with Crippen molar-refractivity contribution in [2.75, 3.05) is 38.5 Å². The van der Waals surface area contributed by atoms with Crippen LogP contribution >= 0.6 is 11.6 Å². The number of hydrogen-bond acceptors (Lipinski definition) is 5. The van der Waals surface area contributed by atoms with Gasteiger partial charge < -0.3 is 14.2 Å². The van der Waals surface area contributed by atoms with Crippen LogP contribution in [-0.2, 0) is 9.47 Å². The lowest BCUT2D eigenvalue weighted by atomic mass is 10.1. The highest BCUT2D eigenvalue weighted by molar-refractivity contribution is 6.32. The van der Waals surface area contributed by atoms with E-state index >= 15 is 0 Å². The van der Waals surface area contributed by atoms with Crippen molar-refractivity contribution in [3.8, 4) is 18.1 Å². The average Bonchev–Trinajstić information content (AvgIpc) is 2.91. The molecule has 23 heavy (non-hydrogen) atoms. The number of methoxy groups -OCH3 is 1. The smallest absolute Gasteiger partial charge is 0.150 e. The number of halogens is 2. The lowest BCUT2D eigenvalue weighted by Gasteiger charge is -2.27. The van der Waals surface area contributed by atoms with E-state index in [0.29, 0.717) is 25.5 Å². The molecule has 2 rings (SSSR count). The van der Waals surface area contributed by atoms with Crippen LogP contribution in [0.4, 0.5) is 10.1 Å². The fourth-order valence-electron chi connectivity index (χ4n) is 2.34. The predicted molar refractivity (Wildman–Crippen MR) is 87.8 cm³/mol. The predicted octanol–water partition coefficient (Wildman–Crippen LogP) is 2.72. The van der Waals surface area contributed by atoms with Gasteiger partial charge in [0.15, 0.2) is 0 Å². The summed E-state index contributed by atoms with van der Waals surface area (Å²) in [6.45, 7) is 3.05. The molecule has 124 valence electrons. The quantitative estimate of drug-likeness (QED) is 0.716. The first-order valence-corrected chi connectivity index (χ1v) is 7.44. The largest absolute Gasteiger partial charge is 0.479 e. The third-order valence-electron chi connectivity index (χ3n) is 3.26. The molecule has 1 aromatic rings. The molecule has 1 atom stereocenters. The Labute approximate surface area is 140 Å². The molecule has 1 unspecified atom stereocenters. The summed E-state index contributed by atoms with van der Waals surface area (Å²) in [5.74, 6) is 2.13. The highest BCUT2D eigenvalue weighted by Crippen LogP contribution is 2.34. The molecule has 1 aliphatic rings. The van der Waals surface area contributed by atoms with Gasteiger partial charge in [-0.15, -0.1) is 6.42 Å². The number of anilines is 1. The van der Waals surface area contributed by atoms with Gasteiger partial charge in [0.05, 0.1) is 30.1 Å². The van der Waals surface area contributed by atoms with Crippen LogP contribution in [0.25, 0.3) is 0 Å². The number of benzene rings is 1. The zero-order valence-electron chi connectivity index (χ0n) is 13.0. The zero-order valence-corrected chi connectivity index (χ0v) is 13.8. The first-order chi connectivity index (χ1) is 11.0. The van der Waals surface area contributed by atoms with Gasteiger partial charge in [-0.25, -0.2) is 4.39 Å². The lowest BCUT2D eigenvalue weighted by molar-refractivity contribution is -0.0246. The van der Waals surface area contributed by atoms with Crippen molar-refractivity contribution in [1.29, 1.82) is 0 Å². The maximum absolute atomic E-state index is 14.3. The average molecular weight is 341 g/mol. The summed E-state index contributed by atoms with van der Waals surface area (Å²) in [7, 11) is 1.58. The molecule has 5 nitrogen and oxygen atoms in total. The topological polar surface area (TPSA) is 43.3 Å². The molecular formula is C16H18ClFN2O3. The van der Waals surface area contributed by atoms with Crippen molar-refractivity contribution in [3.63, 3.8) is 0 Å². The van der Waals surface area contributed by atoms with E-state index in [1.54, 1.807) is 13.3 Å². The molecule has 0 N–H and O–H groups in total. The lowest BCUT2D eigenvalue weighted by Crippen LogP contribution is -2.44. The van der Waals surface area contributed by atoms with Gasteiger partial charge in [0.25, 0.3) is 0 Å². The summed E-state index contributed by atoms with van der Waals surface area (Å²) in [6, 6.07) is 2.65. The standard InChI is InChI=1S/C16H18ClFN2O3/c1-4-6-22-15-8-14(13(18)7-12(15)17)20-10-16(9-19-20,11-21-3)23-5-2/h1,7-9H,5-6,10-11H2,2-3H3. The summed E-state index contributed by atoms with van der Waals surface area (Å²) in [5, 5.41) is 5.87. The molecule has 1 aromatic carbocycles. The van der Waals surface area contributed by atoms with Crippen molar-refractivity contribution in [3.05, 3.63) is 23.0 Å². The second-order valence-corrected chi connectivity index (χ2v) is 5.37. The zero-order chi connectivity index (χ0) is 16.9. The first-order valence-electron chi connectivity index (χ1n) is 7.06. The minimum atomic E-state index is -0.713. The van der Waals surface area contributed by atoms with Crippen molar-refractivity contribution < 1.29 is 18.6 Å². The van der Waals surface area contributed by atoms with Gasteiger partial charge in [0.2, 0.25) is 0 Å². The minimum absolute atomic E-state index is 0.0423. The maximum atomic E-state index is 14.3. The van der Waals surface area contributed by atoms with Crippen LogP contribution < -0.4 is 9.75 Å². The summed E-state index contributed by atoms with van der Waals surface area (Å²) >= 11 is 5.96. The molecule has 0 bridgehead atoms.